The number of esters is 1. The lowest BCUT2D eigenvalue weighted by molar-refractivity contribution is -0.149. The van der Waals surface area contributed by atoms with Crippen molar-refractivity contribution < 1.29 is 14.3 Å². The van der Waals surface area contributed by atoms with E-state index in [0.29, 0.717) is 13.0 Å². The molecule has 0 heterocycles. The summed E-state index contributed by atoms with van der Waals surface area (Å²) in [6.45, 7) is 4.23. The monoisotopic (exact) mass is 213 g/mol. The maximum absolute atomic E-state index is 11.7. The van der Waals surface area contributed by atoms with Crippen LogP contribution in [0.2, 0.25) is 0 Å². The van der Waals surface area contributed by atoms with Gasteiger partial charge < -0.3 is 9.64 Å². The van der Waals surface area contributed by atoms with Gasteiger partial charge in [0.25, 0.3) is 0 Å². The number of carbonyl (C=O) groups excluding carboxylic acids is 2. The Bertz CT molecular complexity index is 236. The average Bonchev–Trinajstić information content (AvgIpc) is 2.98. The average molecular weight is 213 g/mol. The number of hydrogen-bond acceptors (Lipinski definition) is 3. The number of nitrogens with zero attached hydrogens (tertiary/aromatic N) is 1. The molecule has 0 aliphatic heterocycles. The Morgan fingerprint density at radius 1 is 1.33 bits per heavy atom. The van der Waals surface area contributed by atoms with Gasteiger partial charge in [0.15, 0.2) is 0 Å². The summed E-state index contributed by atoms with van der Waals surface area (Å²) in [5.41, 5.74) is 0. The molecule has 0 unspecified atom stereocenters. The van der Waals surface area contributed by atoms with E-state index in [4.69, 9.17) is 4.74 Å². The molecule has 0 aromatic heterocycles. The van der Waals surface area contributed by atoms with Crippen LogP contribution in [0.1, 0.15) is 39.5 Å². The number of carbonyl (C=O) groups is 2. The van der Waals surface area contributed by atoms with Crippen molar-refractivity contribution >= 4 is 11.9 Å². The van der Waals surface area contributed by atoms with Crippen molar-refractivity contribution in [2.75, 3.05) is 13.2 Å². The molecule has 0 aromatic rings. The molecule has 0 spiro atoms. The largest absolute Gasteiger partial charge is 0.465 e. The number of hydrogen-bond donors (Lipinski definition) is 0. The van der Waals surface area contributed by atoms with E-state index >= 15 is 0 Å². The highest BCUT2D eigenvalue weighted by Gasteiger charge is 2.33. The summed E-state index contributed by atoms with van der Waals surface area (Å²) in [4.78, 5) is 24.6. The molecule has 1 saturated carbocycles. The zero-order valence-corrected chi connectivity index (χ0v) is 9.49. The molecule has 0 N–H and O–H groups in total. The van der Waals surface area contributed by atoms with Gasteiger partial charge in [0.1, 0.15) is 6.54 Å². The second kappa shape index (κ2) is 5.73. The first-order valence-electron chi connectivity index (χ1n) is 5.64. The predicted octanol–water partition coefficient (Wildman–Crippen LogP) is 1.34. The minimum absolute atomic E-state index is 0.0769. The van der Waals surface area contributed by atoms with Gasteiger partial charge in [-0.2, -0.15) is 0 Å². The van der Waals surface area contributed by atoms with Crippen LogP contribution in [0, 0.1) is 0 Å². The van der Waals surface area contributed by atoms with E-state index in [1.165, 1.54) is 0 Å². The van der Waals surface area contributed by atoms with Crippen molar-refractivity contribution in [3.8, 4) is 0 Å². The van der Waals surface area contributed by atoms with Gasteiger partial charge in [0.05, 0.1) is 6.61 Å². The second-order valence-corrected chi connectivity index (χ2v) is 3.81. The van der Waals surface area contributed by atoms with Gasteiger partial charge in [0.2, 0.25) is 5.91 Å². The molecule has 1 rings (SSSR count). The lowest BCUT2D eigenvalue weighted by Crippen LogP contribution is -2.38. The van der Waals surface area contributed by atoms with Crippen LogP contribution in [-0.2, 0) is 14.3 Å². The molecule has 1 aliphatic carbocycles. The van der Waals surface area contributed by atoms with Crippen LogP contribution in [0.4, 0.5) is 0 Å². The van der Waals surface area contributed by atoms with Gasteiger partial charge in [-0.15, -0.1) is 0 Å². The first kappa shape index (κ1) is 12.0. The summed E-state index contributed by atoms with van der Waals surface area (Å²) in [7, 11) is 0. The van der Waals surface area contributed by atoms with Crippen LogP contribution in [0.25, 0.3) is 0 Å². The number of amides is 1. The SMILES string of the molecule is CCCC(=O)N(CC(=O)OCC)C1CC1. The smallest absolute Gasteiger partial charge is 0.325 e. The lowest BCUT2D eigenvalue weighted by Gasteiger charge is -2.20. The van der Waals surface area contributed by atoms with E-state index < -0.39 is 0 Å². The van der Waals surface area contributed by atoms with Gasteiger partial charge in [0, 0.05) is 12.5 Å². The molecule has 1 fully saturated rings. The van der Waals surface area contributed by atoms with E-state index in [2.05, 4.69) is 0 Å². The van der Waals surface area contributed by atoms with E-state index in [1.807, 2.05) is 6.92 Å². The molecule has 15 heavy (non-hydrogen) atoms. The van der Waals surface area contributed by atoms with Crippen LogP contribution >= 0.6 is 0 Å². The molecule has 1 amide bonds. The summed E-state index contributed by atoms with van der Waals surface area (Å²) in [5.74, 6) is -0.220. The van der Waals surface area contributed by atoms with Crippen molar-refractivity contribution in [3.63, 3.8) is 0 Å². The van der Waals surface area contributed by atoms with Gasteiger partial charge in [-0.05, 0) is 26.2 Å². The fourth-order valence-corrected chi connectivity index (χ4v) is 1.51. The molecule has 0 radical (unpaired) electrons. The van der Waals surface area contributed by atoms with Crippen LogP contribution in [-0.4, -0.2) is 36.0 Å². The van der Waals surface area contributed by atoms with Crippen molar-refractivity contribution in [2.24, 2.45) is 0 Å². The fourth-order valence-electron chi connectivity index (χ4n) is 1.51. The predicted molar refractivity (Wildman–Crippen MR) is 56.3 cm³/mol. The Balaban J connectivity index is 2.43. The maximum atomic E-state index is 11.7. The Morgan fingerprint density at radius 2 is 2.00 bits per heavy atom. The molecule has 0 bridgehead atoms. The molecular formula is C11H19NO3. The molecule has 86 valence electrons. The third kappa shape index (κ3) is 3.90. The summed E-state index contributed by atoms with van der Waals surface area (Å²) in [6.07, 6.45) is 3.39. The number of rotatable bonds is 6. The topological polar surface area (TPSA) is 46.6 Å². The minimum Gasteiger partial charge on any atom is -0.465 e. The molecule has 0 atom stereocenters. The van der Waals surface area contributed by atoms with Gasteiger partial charge in [-0.1, -0.05) is 6.92 Å². The Kier molecular flexibility index (Phi) is 4.59. The lowest BCUT2D eigenvalue weighted by atomic mass is 10.3. The Morgan fingerprint density at radius 3 is 2.47 bits per heavy atom. The van der Waals surface area contributed by atoms with Crippen LogP contribution in [0.5, 0.6) is 0 Å². The molecule has 4 heteroatoms. The zero-order valence-electron chi connectivity index (χ0n) is 9.49. The Labute approximate surface area is 90.6 Å². The van der Waals surface area contributed by atoms with Gasteiger partial charge in [-0.3, -0.25) is 9.59 Å². The Hall–Kier alpha value is -1.06. The van der Waals surface area contributed by atoms with Crippen molar-refractivity contribution in [2.45, 2.75) is 45.6 Å². The summed E-state index contributed by atoms with van der Waals surface area (Å²) < 4.78 is 4.85. The first-order chi connectivity index (χ1) is 7.19. The van der Waals surface area contributed by atoms with Crippen molar-refractivity contribution in [1.29, 1.82) is 0 Å². The van der Waals surface area contributed by atoms with E-state index in [-0.39, 0.29) is 24.5 Å². The summed E-state index contributed by atoms with van der Waals surface area (Å²) in [6, 6.07) is 0.286. The molecule has 0 saturated heterocycles. The van der Waals surface area contributed by atoms with Crippen molar-refractivity contribution in [1.82, 2.24) is 4.90 Å². The minimum atomic E-state index is -0.297. The maximum Gasteiger partial charge on any atom is 0.325 e. The summed E-state index contributed by atoms with van der Waals surface area (Å²) in [5, 5.41) is 0. The third-order valence-electron chi connectivity index (χ3n) is 2.38. The van der Waals surface area contributed by atoms with Crippen LogP contribution in [0.3, 0.4) is 0 Å². The number of ether oxygens (including phenoxy) is 1. The van der Waals surface area contributed by atoms with Crippen molar-refractivity contribution in [3.05, 3.63) is 0 Å². The fraction of sp³-hybridized carbons (Fsp3) is 0.818. The second-order valence-electron chi connectivity index (χ2n) is 3.81. The van der Waals surface area contributed by atoms with E-state index in [1.54, 1.807) is 11.8 Å². The van der Waals surface area contributed by atoms with E-state index in [0.717, 1.165) is 19.3 Å². The summed E-state index contributed by atoms with van der Waals surface area (Å²) >= 11 is 0. The highest BCUT2D eigenvalue weighted by molar-refractivity contribution is 5.82. The molecular weight excluding hydrogens is 194 g/mol. The van der Waals surface area contributed by atoms with Crippen LogP contribution < -0.4 is 0 Å². The highest BCUT2D eigenvalue weighted by atomic mass is 16.5. The standard InChI is InChI=1S/C11H19NO3/c1-3-5-10(13)12(9-6-7-9)8-11(14)15-4-2/h9H,3-8H2,1-2H3. The molecule has 0 aromatic carbocycles. The van der Waals surface area contributed by atoms with Crippen LogP contribution in [0.15, 0.2) is 0 Å². The van der Waals surface area contributed by atoms with Gasteiger partial charge in [-0.25, -0.2) is 0 Å². The molecule has 1 aliphatic rings. The zero-order chi connectivity index (χ0) is 11.3. The quantitative estimate of drug-likeness (QED) is 0.625. The normalized spacial score (nSPS) is 14.8. The van der Waals surface area contributed by atoms with Gasteiger partial charge >= 0.3 is 5.97 Å². The first-order valence-corrected chi connectivity index (χ1v) is 5.64. The highest BCUT2D eigenvalue weighted by Crippen LogP contribution is 2.27. The van der Waals surface area contributed by atoms with E-state index in [9.17, 15) is 9.59 Å². The molecule has 4 nitrogen and oxygen atoms in total. The third-order valence-corrected chi connectivity index (χ3v) is 2.38.